The molecular formula is C28H36F2N2O5. The number of carbonyl (C=O) groups is 1. The lowest BCUT2D eigenvalue weighted by Gasteiger charge is -2.44. The minimum atomic E-state index is -1.49. The molecule has 0 bridgehead atoms. The minimum Gasteiger partial charge on any atom is -0.390 e. The molecule has 1 saturated heterocycles. The lowest BCUT2D eigenvalue weighted by Crippen LogP contribution is -2.61. The number of nitrogens with one attached hydrogen (secondary N) is 1. The zero-order valence-corrected chi connectivity index (χ0v) is 21.2. The number of rotatable bonds is 10. The van der Waals surface area contributed by atoms with Gasteiger partial charge in [0, 0.05) is 31.5 Å². The van der Waals surface area contributed by atoms with Crippen molar-refractivity contribution >= 4 is 5.91 Å². The van der Waals surface area contributed by atoms with E-state index in [1.807, 2.05) is 31.2 Å². The highest BCUT2D eigenvalue weighted by Crippen LogP contribution is 2.36. The van der Waals surface area contributed by atoms with Gasteiger partial charge in [-0.2, -0.15) is 0 Å². The van der Waals surface area contributed by atoms with Crippen LogP contribution in [0.5, 0.6) is 0 Å². The molecule has 2 aliphatic rings. The maximum atomic E-state index is 14.1. The Kier molecular flexibility index (Phi) is 9.26. The molecule has 9 heteroatoms. The van der Waals surface area contributed by atoms with Crippen molar-refractivity contribution in [2.45, 2.75) is 69.7 Å². The predicted octanol–water partition coefficient (Wildman–Crippen LogP) is 2.84. The Morgan fingerprint density at radius 2 is 1.78 bits per heavy atom. The van der Waals surface area contributed by atoms with Crippen LogP contribution in [0.25, 0.3) is 0 Å². The van der Waals surface area contributed by atoms with Gasteiger partial charge in [0.1, 0.15) is 17.7 Å². The van der Waals surface area contributed by atoms with E-state index in [1.165, 1.54) is 6.07 Å². The number of ether oxygens (including phenoxy) is 2. The average Bonchev–Trinajstić information content (AvgIpc) is 3.39. The third-order valence-corrected chi connectivity index (χ3v) is 7.27. The van der Waals surface area contributed by atoms with E-state index in [9.17, 15) is 23.8 Å². The number of aryl methyl sites for hydroxylation is 1. The van der Waals surface area contributed by atoms with Crippen molar-refractivity contribution in [1.82, 2.24) is 10.2 Å². The first-order valence-corrected chi connectivity index (χ1v) is 12.9. The van der Waals surface area contributed by atoms with Gasteiger partial charge in [0.15, 0.2) is 5.60 Å². The maximum Gasteiger partial charge on any atom is 0.252 e. The molecule has 2 aromatic rings. The number of halogens is 2. The fourth-order valence-electron chi connectivity index (χ4n) is 5.14. The zero-order valence-electron chi connectivity index (χ0n) is 21.2. The minimum absolute atomic E-state index is 0.0807. The summed E-state index contributed by atoms with van der Waals surface area (Å²) in [5.74, 6) is -1.95. The van der Waals surface area contributed by atoms with Crippen LogP contribution in [-0.4, -0.2) is 71.1 Å². The van der Waals surface area contributed by atoms with E-state index in [-0.39, 0.29) is 25.0 Å². The van der Waals surface area contributed by atoms with Gasteiger partial charge >= 0.3 is 0 Å². The molecule has 7 nitrogen and oxygen atoms in total. The number of amides is 1. The summed E-state index contributed by atoms with van der Waals surface area (Å²) in [6.07, 6.45) is -1.68. The molecule has 202 valence electrons. The van der Waals surface area contributed by atoms with Crippen LogP contribution < -0.4 is 5.32 Å². The Balaban J connectivity index is 1.50. The van der Waals surface area contributed by atoms with E-state index < -0.39 is 48.1 Å². The summed E-state index contributed by atoms with van der Waals surface area (Å²) in [6.45, 7) is 4.72. The molecule has 1 heterocycles. The summed E-state index contributed by atoms with van der Waals surface area (Å²) in [5, 5.41) is 24.3. The van der Waals surface area contributed by atoms with Crippen LogP contribution in [0.15, 0.2) is 42.5 Å². The van der Waals surface area contributed by atoms with Crippen molar-refractivity contribution in [2.75, 3.05) is 26.2 Å². The maximum absolute atomic E-state index is 14.1. The molecule has 2 aromatic carbocycles. The molecule has 4 atom stereocenters. The van der Waals surface area contributed by atoms with Crippen molar-refractivity contribution in [3.05, 3.63) is 70.8 Å². The number of aliphatic hydroxyl groups excluding tert-OH is 2. The van der Waals surface area contributed by atoms with Crippen LogP contribution in [0.4, 0.5) is 8.78 Å². The second-order valence-corrected chi connectivity index (χ2v) is 10.1. The topological polar surface area (TPSA) is 91.3 Å². The largest absolute Gasteiger partial charge is 0.390 e. The Bertz CT molecular complexity index is 1040. The second kappa shape index (κ2) is 12.4. The summed E-state index contributed by atoms with van der Waals surface area (Å²) >= 11 is 0. The first-order valence-electron chi connectivity index (χ1n) is 12.9. The number of likely N-dealkylation sites (tertiary alicyclic amines) is 1. The fourth-order valence-corrected chi connectivity index (χ4v) is 5.14. The number of hydrogen-bond donors (Lipinski definition) is 3. The van der Waals surface area contributed by atoms with Crippen LogP contribution in [0.1, 0.15) is 42.4 Å². The molecule has 1 aliphatic heterocycles. The molecule has 1 unspecified atom stereocenters. The van der Waals surface area contributed by atoms with Gasteiger partial charge in [0.25, 0.3) is 5.91 Å². The Labute approximate surface area is 216 Å². The molecule has 0 radical (unpaired) electrons. The molecule has 1 amide bonds. The van der Waals surface area contributed by atoms with E-state index in [2.05, 4.69) is 10.2 Å². The Hall–Kier alpha value is -2.43. The standard InChI is InChI=1S/C28H36F2N2O5/c1-19-6-4-7-20(14-19)17-37-28(27(35)31-10-13-32-11-2-3-12-32)15-24(33)26(34)25(16-28)36-18-21-22(29)8-5-9-23(21)30/h4-9,14,24-26,33-34H,2-3,10-13,15-18H2,1H3,(H,31,35)/t24-,25?,26-,28+/m1/s1. The smallest absolute Gasteiger partial charge is 0.252 e. The van der Waals surface area contributed by atoms with Crippen LogP contribution >= 0.6 is 0 Å². The molecule has 4 rings (SSSR count). The van der Waals surface area contributed by atoms with Gasteiger partial charge in [-0.3, -0.25) is 4.79 Å². The molecule has 2 fully saturated rings. The summed E-state index contributed by atoms with van der Waals surface area (Å²) in [6, 6.07) is 11.2. The molecule has 0 aromatic heterocycles. The van der Waals surface area contributed by atoms with Crippen molar-refractivity contribution < 1.29 is 33.3 Å². The number of nitrogens with zero attached hydrogens (tertiary/aromatic N) is 1. The van der Waals surface area contributed by atoms with E-state index >= 15 is 0 Å². The lowest BCUT2D eigenvalue weighted by molar-refractivity contribution is -0.200. The van der Waals surface area contributed by atoms with E-state index in [0.717, 1.165) is 49.2 Å². The van der Waals surface area contributed by atoms with Crippen molar-refractivity contribution in [3.8, 4) is 0 Å². The van der Waals surface area contributed by atoms with Gasteiger partial charge in [0.2, 0.25) is 0 Å². The molecular weight excluding hydrogens is 482 g/mol. The molecule has 37 heavy (non-hydrogen) atoms. The van der Waals surface area contributed by atoms with Gasteiger partial charge in [-0.25, -0.2) is 8.78 Å². The van der Waals surface area contributed by atoms with E-state index in [1.54, 1.807) is 0 Å². The van der Waals surface area contributed by atoms with Crippen molar-refractivity contribution in [2.24, 2.45) is 0 Å². The highest BCUT2D eigenvalue weighted by Gasteiger charge is 2.51. The van der Waals surface area contributed by atoms with Gasteiger partial charge in [-0.05, 0) is 50.6 Å². The predicted molar refractivity (Wildman–Crippen MR) is 134 cm³/mol. The van der Waals surface area contributed by atoms with Gasteiger partial charge < -0.3 is 29.9 Å². The summed E-state index contributed by atoms with van der Waals surface area (Å²) < 4.78 is 40.2. The highest BCUT2D eigenvalue weighted by molar-refractivity contribution is 5.85. The first-order chi connectivity index (χ1) is 17.8. The lowest BCUT2D eigenvalue weighted by atomic mass is 9.78. The Morgan fingerprint density at radius 1 is 1.08 bits per heavy atom. The number of benzene rings is 2. The fraction of sp³-hybridized carbons (Fsp3) is 0.536. The molecule has 1 saturated carbocycles. The third kappa shape index (κ3) is 6.91. The van der Waals surface area contributed by atoms with E-state index in [0.29, 0.717) is 13.1 Å². The molecule has 3 N–H and O–H groups in total. The number of carbonyl (C=O) groups excluding carboxylic acids is 1. The van der Waals surface area contributed by atoms with Gasteiger partial charge in [-0.15, -0.1) is 0 Å². The zero-order chi connectivity index (χ0) is 26.4. The van der Waals surface area contributed by atoms with Crippen LogP contribution in [-0.2, 0) is 27.5 Å². The monoisotopic (exact) mass is 518 g/mol. The molecule has 1 aliphatic carbocycles. The van der Waals surface area contributed by atoms with Crippen molar-refractivity contribution in [3.63, 3.8) is 0 Å². The molecule has 0 spiro atoms. The summed E-state index contributed by atoms with van der Waals surface area (Å²) in [4.78, 5) is 15.8. The number of hydrogen-bond acceptors (Lipinski definition) is 6. The first kappa shape index (κ1) is 27.6. The van der Waals surface area contributed by atoms with Gasteiger partial charge in [-0.1, -0.05) is 35.9 Å². The Morgan fingerprint density at radius 3 is 2.49 bits per heavy atom. The number of aliphatic hydroxyl groups is 2. The van der Waals surface area contributed by atoms with Crippen molar-refractivity contribution in [1.29, 1.82) is 0 Å². The quantitative estimate of drug-likeness (QED) is 0.448. The van der Waals surface area contributed by atoms with Crippen LogP contribution in [0.2, 0.25) is 0 Å². The third-order valence-electron chi connectivity index (χ3n) is 7.27. The van der Waals surface area contributed by atoms with E-state index in [4.69, 9.17) is 9.47 Å². The SMILES string of the molecule is Cc1cccc(CO[C@]2(C(=O)NCCN3CCCC3)CC(OCc3c(F)cccc3F)[C@H](O)[C@H](O)C2)c1. The van der Waals surface area contributed by atoms with Gasteiger partial charge in [0.05, 0.1) is 25.4 Å². The second-order valence-electron chi connectivity index (χ2n) is 10.1. The summed E-state index contributed by atoms with van der Waals surface area (Å²) in [7, 11) is 0. The average molecular weight is 519 g/mol. The van der Waals surface area contributed by atoms with Crippen LogP contribution in [0, 0.1) is 18.6 Å². The summed E-state index contributed by atoms with van der Waals surface area (Å²) in [5.41, 5.74) is 0.121. The van der Waals surface area contributed by atoms with Crippen LogP contribution in [0.3, 0.4) is 0 Å². The highest BCUT2D eigenvalue weighted by atomic mass is 19.1. The normalized spacial score (nSPS) is 26.4.